The van der Waals surface area contributed by atoms with Gasteiger partial charge in [0, 0.05) is 13.1 Å². The fourth-order valence-corrected chi connectivity index (χ4v) is 1.99. The molecule has 116 valence electrons. The zero-order valence-corrected chi connectivity index (χ0v) is 13.0. The van der Waals surface area contributed by atoms with Crippen molar-refractivity contribution in [2.45, 2.75) is 26.8 Å². The molecule has 1 aromatic rings. The summed E-state index contributed by atoms with van der Waals surface area (Å²) in [6.07, 6.45) is 0.620. The second-order valence-electron chi connectivity index (χ2n) is 5.34. The molecular formula is C16H24N2O3. The molecule has 0 fully saturated rings. The first-order valence-electron chi connectivity index (χ1n) is 7.07. The molecule has 1 unspecified atom stereocenters. The zero-order valence-electron chi connectivity index (χ0n) is 13.0. The van der Waals surface area contributed by atoms with E-state index in [0.717, 1.165) is 5.56 Å². The average molecular weight is 292 g/mol. The number of ether oxygens (including phenoxy) is 1. The van der Waals surface area contributed by atoms with E-state index in [2.05, 4.69) is 4.74 Å². The van der Waals surface area contributed by atoms with Crippen molar-refractivity contribution in [1.29, 1.82) is 0 Å². The second kappa shape index (κ2) is 7.78. The molecule has 0 saturated heterocycles. The summed E-state index contributed by atoms with van der Waals surface area (Å²) in [5.74, 6) is -0.559. The number of hydrogen-bond acceptors (Lipinski definition) is 4. The average Bonchev–Trinajstić information content (AvgIpc) is 2.53. The number of amides is 1. The van der Waals surface area contributed by atoms with Gasteiger partial charge in [0.1, 0.15) is 6.54 Å². The highest BCUT2D eigenvalue weighted by Crippen LogP contribution is 2.23. The lowest BCUT2D eigenvalue weighted by Crippen LogP contribution is -2.47. The Balaban J connectivity index is 2.96. The van der Waals surface area contributed by atoms with Gasteiger partial charge in [0.2, 0.25) is 5.91 Å². The fourth-order valence-electron chi connectivity index (χ4n) is 1.99. The number of nitrogens with zero attached hydrogens (tertiary/aromatic N) is 1. The maximum Gasteiger partial charge on any atom is 0.325 e. The van der Waals surface area contributed by atoms with Gasteiger partial charge in [-0.05, 0) is 18.9 Å². The van der Waals surface area contributed by atoms with Gasteiger partial charge >= 0.3 is 5.97 Å². The van der Waals surface area contributed by atoms with E-state index in [4.69, 9.17) is 5.73 Å². The molecule has 5 heteroatoms. The third-order valence-electron chi connectivity index (χ3n) is 3.80. The van der Waals surface area contributed by atoms with E-state index < -0.39 is 11.4 Å². The van der Waals surface area contributed by atoms with Crippen molar-refractivity contribution in [3.05, 3.63) is 35.9 Å². The molecule has 0 radical (unpaired) electrons. The quantitative estimate of drug-likeness (QED) is 0.774. The van der Waals surface area contributed by atoms with Crippen LogP contribution in [0.3, 0.4) is 0 Å². The van der Waals surface area contributed by atoms with E-state index in [0.29, 0.717) is 13.0 Å². The van der Waals surface area contributed by atoms with Crippen molar-refractivity contribution in [3.63, 3.8) is 0 Å². The summed E-state index contributed by atoms with van der Waals surface area (Å²) < 4.78 is 4.68. The van der Waals surface area contributed by atoms with Crippen LogP contribution < -0.4 is 5.73 Å². The number of methoxy groups -OCH3 is 1. The highest BCUT2D eigenvalue weighted by molar-refractivity contribution is 5.86. The van der Waals surface area contributed by atoms with Crippen LogP contribution in [-0.2, 0) is 20.9 Å². The minimum Gasteiger partial charge on any atom is -0.468 e. The van der Waals surface area contributed by atoms with Crippen LogP contribution in [0.15, 0.2) is 30.3 Å². The molecule has 1 atom stereocenters. The number of hydrogen-bond donors (Lipinski definition) is 1. The highest BCUT2D eigenvalue weighted by atomic mass is 16.5. The first kappa shape index (κ1) is 17.2. The van der Waals surface area contributed by atoms with Gasteiger partial charge in [0.15, 0.2) is 0 Å². The maximum absolute atomic E-state index is 12.7. The van der Waals surface area contributed by atoms with Gasteiger partial charge in [0.05, 0.1) is 12.5 Å². The monoisotopic (exact) mass is 292 g/mol. The van der Waals surface area contributed by atoms with Crippen LogP contribution in [0, 0.1) is 5.41 Å². The Labute approximate surface area is 126 Å². The van der Waals surface area contributed by atoms with Crippen LogP contribution in [0.5, 0.6) is 0 Å². The van der Waals surface area contributed by atoms with Gasteiger partial charge in [-0.2, -0.15) is 0 Å². The molecule has 1 rings (SSSR count). The number of carbonyl (C=O) groups is 2. The molecule has 0 aliphatic carbocycles. The molecule has 1 aromatic carbocycles. The normalized spacial score (nSPS) is 13.3. The van der Waals surface area contributed by atoms with Crippen LogP contribution >= 0.6 is 0 Å². The van der Waals surface area contributed by atoms with Gasteiger partial charge in [-0.3, -0.25) is 9.59 Å². The smallest absolute Gasteiger partial charge is 0.325 e. The van der Waals surface area contributed by atoms with E-state index in [1.165, 1.54) is 12.0 Å². The van der Waals surface area contributed by atoms with Crippen LogP contribution in [-0.4, -0.2) is 37.0 Å². The van der Waals surface area contributed by atoms with Crippen molar-refractivity contribution in [3.8, 4) is 0 Å². The lowest BCUT2D eigenvalue weighted by molar-refractivity contribution is -0.151. The summed E-state index contributed by atoms with van der Waals surface area (Å²) >= 11 is 0. The van der Waals surface area contributed by atoms with Crippen LogP contribution in [0.4, 0.5) is 0 Å². The van der Waals surface area contributed by atoms with Gasteiger partial charge in [-0.25, -0.2) is 0 Å². The SMILES string of the molecule is CCC(C)(CN)C(=O)N(CC(=O)OC)Cc1ccccc1. The molecule has 0 bridgehead atoms. The van der Waals surface area contributed by atoms with E-state index in [1.54, 1.807) is 0 Å². The van der Waals surface area contributed by atoms with Gasteiger partial charge < -0.3 is 15.4 Å². The molecule has 0 saturated carbocycles. The summed E-state index contributed by atoms with van der Waals surface area (Å²) in [6, 6.07) is 9.55. The van der Waals surface area contributed by atoms with Crippen LogP contribution in [0.2, 0.25) is 0 Å². The third kappa shape index (κ3) is 4.56. The summed E-state index contributed by atoms with van der Waals surface area (Å²) in [6.45, 7) is 4.28. The number of benzene rings is 1. The Morgan fingerprint density at radius 1 is 1.29 bits per heavy atom. The van der Waals surface area contributed by atoms with Crippen molar-refractivity contribution in [2.24, 2.45) is 11.1 Å². The van der Waals surface area contributed by atoms with Gasteiger partial charge in [-0.15, -0.1) is 0 Å². The molecule has 2 N–H and O–H groups in total. The first-order chi connectivity index (χ1) is 9.96. The molecular weight excluding hydrogens is 268 g/mol. The number of carbonyl (C=O) groups excluding carboxylic acids is 2. The van der Waals surface area contributed by atoms with E-state index >= 15 is 0 Å². The predicted octanol–water partition coefficient (Wildman–Crippen LogP) is 1.56. The van der Waals surface area contributed by atoms with E-state index in [9.17, 15) is 9.59 Å². The zero-order chi connectivity index (χ0) is 15.9. The second-order valence-corrected chi connectivity index (χ2v) is 5.34. The summed E-state index contributed by atoms with van der Waals surface area (Å²) in [4.78, 5) is 25.8. The maximum atomic E-state index is 12.7. The minimum atomic E-state index is -0.664. The molecule has 0 heterocycles. The standard InChI is InChI=1S/C16H24N2O3/c1-4-16(2,12-17)15(20)18(11-14(19)21-3)10-13-8-6-5-7-9-13/h5-9H,4,10-12,17H2,1-3H3. The number of esters is 1. The Hall–Kier alpha value is -1.88. The van der Waals surface area contributed by atoms with Crippen molar-refractivity contribution < 1.29 is 14.3 Å². The molecule has 21 heavy (non-hydrogen) atoms. The lowest BCUT2D eigenvalue weighted by Gasteiger charge is -2.32. The Kier molecular flexibility index (Phi) is 6.37. The van der Waals surface area contributed by atoms with Crippen molar-refractivity contribution >= 4 is 11.9 Å². The first-order valence-corrected chi connectivity index (χ1v) is 7.07. The van der Waals surface area contributed by atoms with E-state index in [1.807, 2.05) is 44.2 Å². The Morgan fingerprint density at radius 3 is 2.38 bits per heavy atom. The Bertz CT molecular complexity index is 470. The number of nitrogens with two attached hydrogens (primary N) is 1. The molecule has 1 amide bonds. The number of rotatable bonds is 7. The molecule has 5 nitrogen and oxygen atoms in total. The Morgan fingerprint density at radius 2 is 1.90 bits per heavy atom. The summed E-state index contributed by atoms with van der Waals surface area (Å²) in [5.41, 5.74) is 6.05. The molecule has 0 aliphatic rings. The fraction of sp³-hybridized carbons (Fsp3) is 0.500. The minimum absolute atomic E-state index is 0.0696. The third-order valence-corrected chi connectivity index (χ3v) is 3.80. The van der Waals surface area contributed by atoms with Crippen molar-refractivity contribution in [2.75, 3.05) is 20.2 Å². The summed E-state index contributed by atoms with van der Waals surface area (Å²) in [5, 5.41) is 0. The van der Waals surface area contributed by atoms with E-state index in [-0.39, 0.29) is 19.0 Å². The van der Waals surface area contributed by atoms with Gasteiger partial charge in [-0.1, -0.05) is 37.3 Å². The van der Waals surface area contributed by atoms with Crippen LogP contribution in [0.1, 0.15) is 25.8 Å². The lowest BCUT2D eigenvalue weighted by atomic mass is 9.86. The van der Waals surface area contributed by atoms with Gasteiger partial charge in [0.25, 0.3) is 0 Å². The highest BCUT2D eigenvalue weighted by Gasteiger charge is 2.34. The van der Waals surface area contributed by atoms with Crippen LogP contribution in [0.25, 0.3) is 0 Å². The molecule has 0 spiro atoms. The van der Waals surface area contributed by atoms with Crippen molar-refractivity contribution in [1.82, 2.24) is 4.90 Å². The summed E-state index contributed by atoms with van der Waals surface area (Å²) in [7, 11) is 1.31. The largest absolute Gasteiger partial charge is 0.468 e. The predicted molar refractivity (Wildman–Crippen MR) is 81.3 cm³/mol. The topological polar surface area (TPSA) is 72.6 Å². The molecule has 0 aliphatic heterocycles. The molecule has 0 aromatic heterocycles.